The molecular formula is C38H69O10P. The van der Waals surface area contributed by atoms with E-state index in [4.69, 9.17) is 19.1 Å². The van der Waals surface area contributed by atoms with Gasteiger partial charge in [-0.1, -0.05) is 127 Å². The lowest BCUT2D eigenvalue weighted by molar-refractivity contribution is -0.161. The van der Waals surface area contributed by atoms with E-state index in [1.54, 1.807) is 0 Å². The van der Waals surface area contributed by atoms with Crippen LogP contribution in [0.25, 0.3) is 0 Å². The molecule has 49 heavy (non-hydrogen) atoms. The molecule has 0 aliphatic heterocycles. The molecular weight excluding hydrogens is 647 g/mol. The summed E-state index contributed by atoms with van der Waals surface area (Å²) < 4.78 is 32.5. The van der Waals surface area contributed by atoms with Crippen LogP contribution in [0.15, 0.2) is 36.5 Å². The van der Waals surface area contributed by atoms with Crippen LogP contribution in [0.3, 0.4) is 0 Å². The van der Waals surface area contributed by atoms with Crippen LogP contribution in [0.2, 0.25) is 0 Å². The molecule has 0 heterocycles. The Bertz CT molecular complexity index is 920. The zero-order valence-corrected chi connectivity index (χ0v) is 31.5. The average molecular weight is 717 g/mol. The van der Waals surface area contributed by atoms with Gasteiger partial charge in [0.15, 0.2) is 6.10 Å². The average Bonchev–Trinajstić information content (AvgIpc) is 3.09. The van der Waals surface area contributed by atoms with Gasteiger partial charge in [-0.3, -0.25) is 18.6 Å². The number of hydrogen-bond donors (Lipinski definition) is 3. The Hall–Kier alpha value is -1.81. The van der Waals surface area contributed by atoms with Gasteiger partial charge in [0.2, 0.25) is 0 Å². The number of phosphoric ester groups is 1. The van der Waals surface area contributed by atoms with Gasteiger partial charge in [-0.15, -0.1) is 0 Å². The maximum atomic E-state index is 12.5. The predicted molar refractivity (Wildman–Crippen MR) is 196 cm³/mol. The van der Waals surface area contributed by atoms with Crippen molar-refractivity contribution >= 4 is 19.8 Å². The SMILES string of the molecule is CCCCC/C=C\C/C=C\C/C=C\CCCCC(=O)OC[C@H](COP(=O)(O)OC[C@@H](O)CO)OC(=O)CCCCCCCCCCCCC. The molecule has 10 nitrogen and oxygen atoms in total. The maximum Gasteiger partial charge on any atom is 0.472 e. The number of ether oxygens (including phenoxy) is 2. The van der Waals surface area contributed by atoms with E-state index in [1.807, 2.05) is 0 Å². The molecule has 1 unspecified atom stereocenters. The number of phosphoric acid groups is 1. The van der Waals surface area contributed by atoms with Crippen molar-refractivity contribution in [2.75, 3.05) is 26.4 Å². The highest BCUT2D eigenvalue weighted by Crippen LogP contribution is 2.43. The number of aliphatic hydroxyl groups is 2. The van der Waals surface area contributed by atoms with Crippen LogP contribution in [-0.4, -0.2) is 65.7 Å². The summed E-state index contributed by atoms with van der Waals surface area (Å²) in [7, 11) is -4.62. The molecule has 0 saturated carbocycles. The van der Waals surface area contributed by atoms with Crippen molar-refractivity contribution in [3.63, 3.8) is 0 Å². The van der Waals surface area contributed by atoms with Crippen molar-refractivity contribution in [2.45, 2.75) is 167 Å². The number of carbonyl (C=O) groups is 2. The number of carbonyl (C=O) groups excluding carboxylic acids is 2. The first-order chi connectivity index (χ1) is 23.7. The minimum absolute atomic E-state index is 0.178. The van der Waals surface area contributed by atoms with E-state index in [9.17, 15) is 24.2 Å². The molecule has 0 bridgehead atoms. The van der Waals surface area contributed by atoms with E-state index in [2.05, 4.69) is 54.8 Å². The van der Waals surface area contributed by atoms with Crippen molar-refractivity contribution in [3.8, 4) is 0 Å². The van der Waals surface area contributed by atoms with Crippen LogP contribution in [-0.2, 0) is 32.7 Å². The fourth-order valence-corrected chi connectivity index (χ4v) is 5.61. The van der Waals surface area contributed by atoms with Gasteiger partial charge in [0, 0.05) is 12.8 Å². The molecule has 0 aliphatic rings. The number of esters is 2. The zero-order chi connectivity index (χ0) is 36.3. The second-order valence-electron chi connectivity index (χ2n) is 12.6. The van der Waals surface area contributed by atoms with Crippen LogP contribution in [0.5, 0.6) is 0 Å². The molecule has 286 valence electrons. The van der Waals surface area contributed by atoms with Gasteiger partial charge in [-0.2, -0.15) is 0 Å². The lowest BCUT2D eigenvalue weighted by Crippen LogP contribution is -2.29. The van der Waals surface area contributed by atoms with Gasteiger partial charge in [-0.25, -0.2) is 4.57 Å². The third-order valence-electron chi connectivity index (χ3n) is 7.80. The Balaban J connectivity index is 4.44. The van der Waals surface area contributed by atoms with E-state index >= 15 is 0 Å². The molecule has 3 atom stereocenters. The van der Waals surface area contributed by atoms with E-state index in [1.165, 1.54) is 64.2 Å². The molecule has 0 aromatic rings. The molecule has 0 aromatic carbocycles. The number of rotatable bonds is 35. The zero-order valence-electron chi connectivity index (χ0n) is 30.7. The van der Waals surface area contributed by atoms with Crippen molar-refractivity contribution in [1.29, 1.82) is 0 Å². The summed E-state index contributed by atoms with van der Waals surface area (Å²) in [6.45, 7) is 2.28. The lowest BCUT2D eigenvalue weighted by Gasteiger charge is -2.20. The summed E-state index contributed by atoms with van der Waals surface area (Å²) in [5.74, 6) is -0.971. The topological polar surface area (TPSA) is 149 Å². The Kier molecular flexibility index (Phi) is 33.4. The smallest absolute Gasteiger partial charge is 0.462 e. The number of unbranched alkanes of at least 4 members (excludes halogenated alkanes) is 15. The van der Waals surface area contributed by atoms with Gasteiger partial charge >= 0.3 is 19.8 Å². The quantitative estimate of drug-likeness (QED) is 0.0251. The Morgan fingerprint density at radius 3 is 1.63 bits per heavy atom. The third-order valence-corrected chi connectivity index (χ3v) is 8.75. The highest BCUT2D eigenvalue weighted by atomic mass is 31.2. The fraction of sp³-hybridized carbons (Fsp3) is 0.789. The van der Waals surface area contributed by atoms with Crippen molar-refractivity contribution in [3.05, 3.63) is 36.5 Å². The molecule has 0 amide bonds. The van der Waals surface area contributed by atoms with Crippen molar-refractivity contribution < 1.29 is 47.8 Å². The van der Waals surface area contributed by atoms with Crippen molar-refractivity contribution in [2.24, 2.45) is 0 Å². The summed E-state index contributed by atoms with van der Waals surface area (Å²) in [6, 6.07) is 0. The van der Waals surface area contributed by atoms with E-state index < -0.39 is 51.8 Å². The molecule has 0 spiro atoms. The highest BCUT2D eigenvalue weighted by Gasteiger charge is 2.27. The first kappa shape index (κ1) is 47.2. The van der Waals surface area contributed by atoms with E-state index in [-0.39, 0.29) is 19.4 Å². The first-order valence-corrected chi connectivity index (χ1v) is 20.4. The molecule has 0 aromatic heterocycles. The Morgan fingerprint density at radius 1 is 0.612 bits per heavy atom. The second-order valence-corrected chi connectivity index (χ2v) is 14.1. The van der Waals surface area contributed by atoms with Gasteiger partial charge in [0.05, 0.1) is 19.8 Å². The largest absolute Gasteiger partial charge is 0.472 e. The second kappa shape index (κ2) is 34.6. The Morgan fingerprint density at radius 2 is 1.06 bits per heavy atom. The predicted octanol–water partition coefficient (Wildman–Crippen LogP) is 9.22. The number of allylic oxidation sites excluding steroid dienone is 6. The molecule has 0 radical (unpaired) electrons. The van der Waals surface area contributed by atoms with Crippen LogP contribution < -0.4 is 0 Å². The molecule has 0 fully saturated rings. The highest BCUT2D eigenvalue weighted by molar-refractivity contribution is 7.47. The minimum Gasteiger partial charge on any atom is -0.462 e. The van der Waals surface area contributed by atoms with E-state index in [0.717, 1.165) is 51.4 Å². The van der Waals surface area contributed by atoms with Crippen molar-refractivity contribution in [1.82, 2.24) is 0 Å². The molecule has 0 aliphatic carbocycles. The maximum absolute atomic E-state index is 12.5. The summed E-state index contributed by atoms with van der Waals surface area (Å²) >= 11 is 0. The Labute approximate surface area is 297 Å². The minimum atomic E-state index is -4.62. The summed E-state index contributed by atoms with van der Waals surface area (Å²) in [5.41, 5.74) is 0. The standard InChI is InChI=1S/C38H69O10P/c1-3-5-7-9-11-13-15-16-17-18-20-21-23-25-27-29-37(41)45-33-36(34-47-49(43,44)46-32-35(40)31-39)48-38(42)30-28-26-24-22-19-14-12-10-8-6-4-2/h11,13,16-17,20-21,35-36,39-40H,3-10,12,14-15,18-19,22-34H2,1-2H3,(H,43,44)/b13-11-,17-16-,21-20-/t35-,36+/m0/s1. The third kappa shape index (κ3) is 34.4. The fourth-order valence-electron chi connectivity index (χ4n) is 4.82. The van der Waals surface area contributed by atoms with Gasteiger partial charge in [0.25, 0.3) is 0 Å². The normalized spacial score (nSPS) is 14.5. The van der Waals surface area contributed by atoms with E-state index in [0.29, 0.717) is 12.8 Å². The van der Waals surface area contributed by atoms with Gasteiger partial charge in [-0.05, 0) is 51.4 Å². The van der Waals surface area contributed by atoms with Crippen LogP contribution >= 0.6 is 7.82 Å². The van der Waals surface area contributed by atoms with Crippen LogP contribution in [0, 0.1) is 0 Å². The number of hydrogen-bond acceptors (Lipinski definition) is 9. The molecule has 0 saturated heterocycles. The molecule has 3 N–H and O–H groups in total. The van der Waals surface area contributed by atoms with Gasteiger partial charge in [0.1, 0.15) is 12.7 Å². The monoisotopic (exact) mass is 716 g/mol. The molecule has 11 heteroatoms. The first-order valence-electron chi connectivity index (χ1n) is 18.9. The van der Waals surface area contributed by atoms with Gasteiger partial charge < -0.3 is 24.6 Å². The van der Waals surface area contributed by atoms with Crippen LogP contribution in [0.4, 0.5) is 0 Å². The summed E-state index contributed by atoms with van der Waals surface area (Å²) in [5, 5.41) is 18.2. The lowest BCUT2D eigenvalue weighted by atomic mass is 10.1. The summed E-state index contributed by atoms with van der Waals surface area (Å²) in [4.78, 5) is 34.8. The summed E-state index contributed by atoms with van der Waals surface area (Å²) in [6.07, 6.45) is 32.6. The number of aliphatic hydroxyl groups excluding tert-OH is 2. The molecule has 0 rings (SSSR count). The van der Waals surface area contributed by atoms with Crippen LogP contribution in [0.1, 0.15) is 155 Å².